The lowest BCUT2D eigenvalue weighted by molar-refractivity contribution is -0.136. The summed E-state index contributed by atoms with van der Waals surface area (Å²) < 4.78 is 10.4. The van der Waals surface area contributed by atoms with Gasteiger partial charge in [-0.25, -0.2) is 9.69 Å². The lowest BCUT2D eigenvalue weighted by atomic mass is 9.97. The maximum absolute atomic E-state index is 13.4. The van der Waals surface area contributed by atoms with Gasteiger partial charge in [0.2, 0.25) is 5.91 Å². The van der Waals surface area contributed by atoms with Crippen molar-refractivity contribution in [2.24, 2.45) is 11.0 Å². The molecular weight excluding hydrogens is 386 g/mol. The second-order valence-electron chi connectivity index (χ2n) is 7.00. The SMILES string of the molecule is CCOC(=O)C1=NN(c2cccc(C)c2)[C@H]2C(=O)N(c3ccccc3OC)C(=O)[C@H]12. The van der Waals surface area contributed by atoms with Gasteiger partial charge in [-0.05, 0) is 43.7 Å². The van der Waals surface area contributed by atoms with E-state index in [0.717, 1.165) is 10.5 Å². The molecule has 2 atom stereocenters. The molecule has 1 fully saturated rings. The molecule has 0 N–H and O–H groups in total. The minimum absolute atomic E-state index is 0.0703. The number of methoxy groups -OCH3 is 1. The average Bonchev–Trinajstić information content (AvgIpc) is 3.25. The zero-order valence-corrected chi connectivity index (χ0v) is 16.9. The maximum atomic E-state index is 13.4. The Morgan fingerprint density at radius 1 is 1.10 bits per heavy atom. The van der Waals surface area contributed by atoms with E-state index in [1.54, 1.807) is 37.3 Å². The number of rotatable bonds is 5. The number of aryl methyl sites for hydroxylation is 1. The lowest BCUT2D eigenvalue weighted by Crippen LogP contribution is -2.39. The molecule has 154 valence electrons. The van der Waals surface area contributed by atoms with Crippen LogP contribution in [0.25, 0.3) is 0 Å². The van der Waals surface area contributed by atoms with Crippen molar-refractivity contribution in [2.75, 3.05) is 23.6 Å². The van der Waals surface area contributed by atoms with Gasteiger partial charge in [0.05, 0.1) is 25.1 Å². The van der Waals surface area contributed by atoms with Gasteiger partial charge in [0.1, 0.15) is 17.7 Å². The lowest BCUT2D eigenvalue weighted by Gasteiger charge is -2.23. The fraction of sp³-hybridized carbons (Fsp3) is 0.273. The number of anilines is 2. The van der Waals surface area contributed by atoms with Crippen molar-refractivity contribution in [3.63, 3.8) is 0 Å². The van der Waals surface area contributed by atoms with Crippen LogP contribution < -0.4 is 14.6 Å². The summed E-state index contributed by atoms with van der Waals surface area (Å²) >= 11 is 0. The van der Waals surface area contributed by atoms with Crippen molar-refractivity contribution < 1.29 is 23.9 Å². The molecule has 8 nitrogen and oxygen atoms in total. The topological polar surface area (TPSA) is 88.5 Å². The predicted octanol–water partition coefficient (Wildman–Crippen LogP) is 2.30. The molecule has 0 aromatic heterocycles. The molecule has 2 aliphatic heterocycles. The first-order chi connectivity index (χ1) is 14.5. The Kier molecular flexibility index (Phi) is 4.99. The van der Waals surface area contributed by atoms with Crippen LogP contribution in [0.2, 0.25) is 0 Å². The molecule has 0 saturated carbocycles. The maximum Gasteiger partial charge on any atom is 0.355 e. The van der Waals surface area contributed by atoms with E-state index < -0.39 is 29.7 Å². The molecule has 1 saturated heterocycles. The number of carbonyl (C=O) groups excluding carboxylic acids is 3. The van der Waals surface area contributed by atoms with Crippen molar-refractivity contribution in [1.82, 2.24) is 0 Å². The number of amides is 2. The van der Waals surface area contributed by atoms with Crippen LogP contribution >= 0.6 is 0 Å². The van der Waals surface area contributed by atoms with Crippen LogP contribution in [-0.4, -0.2) is 43.3 Å². The van der Waals surface area contributed by atoms with Gasteiger partial charge in [0.25, 0.3) is 5.91 Å². The first-order valence-electron chi connectivity index (χ1n) is 9.60. The van der Waals surface area contributed by atoms with Crippen LogP contribution in [0.1, 0.15) is 12.5 Å². The number of ether oxygens (including phenoxy) is 2. The van der Waals surface area contributed by atoms with E-state index in [0.29, 0.717) is 17.1 Å². The van der Waals surface area contributed by atoms with Crippen molar-refractivity contribution in [1.29, 1.82) is 0 Å². The number of imide groups is 1. The highest BCUT2D eigenvalue weighted by Crippen LogP contribution is 2.40. The van der Waals surface area contributed by atoms with Gasteiger partial charge in [-0.1, -0.05) is 24.3 Å². The van der Waals surface area contributed by atoms with Crippen LogP contribution in [0.3, 0.4) is 0 Å². The molecule has 0 aliphatic carbocycles. The van der Waals surface area contributed by atoms with E-state index in [-0.39, 0.29) is 12.3 Å². The van der Waals surface area contributed by atoms with E-state index in [2.05, 4.69) is 5.10 Å². The third-order valence-corrected chi connectivity index (χ3v) is 5.13. The summed E-state index contributed by atoms with van der Waals surface area (Å²) in [5.41, 5.74) is 1.84. The number of esters is 1. The molecule has 2 amide bonds. The van der Waals surface area contributed by atoms with Crippen LogP contribution in [0, 0.1) is 12.8 Å². The zero-order valence-electron chi connectivity index (χ0n) is 16.9. The Balaban J connectivity index is 1.82. The zero-order chi connectivity index (χ0) is 21.4. The number of nitrogens with zero attached hydrogens (tertiary/aromatic N) is 3. The minimum Gasteiger partial charge on any atom is -0.495 e. The number of hydrogen-bond acceptors (Lipinski definition) is 7. The third-order valence-electron chi connectivity index (χ3n) is 5.13. The molecule has 2 aromatic rings. The van der Waals surface area contributed by atoms with Gasteiger partial charge in [-0.15, -0.1) is 0 Å². The number of hydrazone groups is 1. The summed E-state index contributed by atoms with van der Waals surface area (Å²) in [5.74, 6) is -2.38. The normalized spacial score (nSPS) is 20.3. The molecule has 0 spiro atoms. The minimum atomic E-state index is -1.05. The monoisotopic (exact) mass is 407 g/mol. The van der Waals surface area contributed by atoms with E-state index in [9.17, 15) is 14.4 Å². The number of carbonyl (C=O) groups is 3. The quantitative estimate of drug-likeness (QED) is 0.558. The Labute approximate surface area is 173 Å². The second kappa shape index (κ2) is 7.62. The predicted molar refractivity (Wildman–Crippen MR) is 110 cm³/mol. The largest absolute Gasteiger partial charge is 0.495 e. The first kappa shape index (κ1) is 19.6. The van der Waals surface area contributed by atoms with Crippen molar-refractivity contribution >= 4 is 34.9 Å². The Bertz CT molecular complexity index is 1060. The van der Waals surface area contributed by atoms with Crippen molar-refractivity contribution in [2.45, 2.75) is 19.9 Å². The van der Waals surface area contributed by atoms with Gasteiger partial charge < -0.3 is 9.47 Å². The van der Waals surface area contributed by atoms with Crippen molar-refractivity contribution in [3.8, 4) is 5.75 Å². The van der Waals surface area contributed by atoms with Gasteiger partial charge >= 0.3 is 5.97 Å². The molecule has 2 heterocycles. The van der Waals surface area contributed by atoms with Crippen molar-refractivity contribution in [3.05, 3.63) is 54.1 Å². The van der Waals surface area contributed by atoms with E-state index in [1.165, 1.54) is 12.1 Å². The van der Waals surface area contributed by atoms with Crippen LogP contribution in [0.15, 0.2) is 53.6 Å². The summed E-state index contributed by atoms with van der Waals surface area (Å²) in [6, 6.07) is 13.2. The number of para-hydroxylation sites is 2. The highest BCUT2D eigenvalue weighted by molar-refractivity contribution is 6.47. The molecule has 0 radical (unpaired) electrons. The third kappa shape index (κ3) is 3.01. The molecule has 0 bridgehead atoms. The highest BCUT2D eigenvalue weighted by atomic mass is 16.5. The average molecular weight is 407 g/mol. The molecule has 30 heavy (non-hydrogen) atoms. The fourth-order valence-electron chi connectivity index (χ4n) is 3.82. The molecule has 8 heteroatoms. The fourth-order valence-corrected chi connectivity index (χ4v) is 3.82. The summed E-state index contributed by atoms with van der Waals surface area (Å²) in [4.78, 5) is 40.4. The van der Waals surface area contributed by atoms with E-state index in [4.69, 9.17) is 9.47 Å². The summed E-state index contributed by atoms with van der Waals surface area (Å²) in [5, 5.41) is 5.79. The van der Waals surface area contributed by atoms with Gasteiger partial charge in [0.15, 0.2) is 5.71 Å². The van der Waals surface area contributed by atoms with E-state index >= 15 is 0 Å². The molecule has 2 aliphatic rings. The van der Waals surface area contributed by atoms with Gasteiger partial charge in [-0.2, -0.15) is 5.10 Å². The van der Waals surface area contributed by atoms with E-state index in [1.807, 2.05) is 25.1 Å². The highest BCUT2D eigenvalue weighted by Gasteiger charge is 2.59. The first-order valence-corrected chi connectivity index (χ1v) is 9.60. The van der Waals surface area contributed by atoms with Crippen LogP contribution in [0.5, 0.6) is 5.75 Å². The molecule has 0 unspecified atom stereocenters. The van der Waals surface area contributed by atoms with Crippen LogP contribution in [-0.2, 0) is 19.1 Å². The Morgan fingerprint density at radius 3 is 2.57 bits per heavy atom. The number of fused-ring (bicyclic) bond motifs is 1. The summed E-state index contributed by atoms with van der Waals surface area (Å²) in [6.07, 6.45) is 0. The summed E-state index contributed by atoms with van der Waals surface area (Å²) in [7, 11) is 1.47. The van der Waals surface area contributed by atoms with Gasteiger partial charge in [0, 0.05) is 0 Å². The standard InChI is InChI=1S/C22H21N3O5/c1-4-30-22(28)18-17-19(25(23-18)14-9-7-8-13(2)12-14)21(27)24(20(17)26)15-10-5-6-11-16(15)29-3/h5-12,17,19H,4H2,1-3H3/t17-,19-/m1/s1. The smallest absolute Gasteiger partial charge is 0.355 e. The molecule has 2 aromatic carbocycles. The Hall–Kier alpha value is -3.68. The van der Waals surface area contributed by atoms with Crippen LogP contribution in [0.4, 0.5) is 11.4 Å². The number of benzene rings is 2. The molecular formula is C22H21N3O5. The Morgan fingerprint density at radius 2 is 1.87 bits per heavy atom. The second-order valence-corrected chi connectivity index (χ2v) is 7.00. The summed E-state index contributed by atoms with van der Waals surface area (Å²) in [6.45, 7) is 3.72. The van der Waals surface area contributed by atoms with Gasteiger partial charge in [-0.3, -0.25) is 14.6 Å². The molecule has 4 rings (SSSR count). The number of hydrogen-bond donors (Lipinski definition) is 0.